The number of rotatable bonds is 4. The first-order chi connectivity index (χ1) is 17.0. The average molecular weight is 465 g/mol. The van der Waals surface area contributed by atoms with Crippen LogP contribution in [0, 0.1) is 16.0 Å². The Morgan fingerprint density at radius 1 is 0.771 bits per heavy atom. The Kier molecular flexibility index (Phi) is 4.82. The summed E-state index contributed by atoms with van der Waals surface area (Å²) in [6.45, 7) is 0. The first-order valence-corrected chi connectivity index (χ1v) is 11.2. The van der Waals surface area contributed by atoms with Gasteiger partial charge in [-0.1, -0.05) is 66.7 Å². The fourth-order valence-electron chi connectivity index (χ4n) is 4.99. The molecular formula is C27H19N3O5. The fourth-order valence-corrected chi connectivity index (χ4v) is 4.99. The third-order valence-corrected chi connectivity index (χ3v) is 6.58. The molecule has 4 aromatic rings. The second-order valence-electron chi connectivity index (χ2n) is 8.52. The maximum Gasteiger partial charge on any atom is 0.269 e. The number of hydroxylamine groups is 1. The van der Waals surface area contributed by atoms with Gasteiger partial charge in [0.05, 0.1) is 22.3 Å². The van der Waals surface area contributed by atoms with E-state index in [0.29, 0.717) is 16.9 Å². The van der Waals surface area contributed by atoms with Crippen molar-refractivity contribution in [3.63, 3.8) is 0 Å². The second kappa shape index (κ2) is 8.03. The monoisotopic (exact) mass is 465 g/mol. The third kappa shape index (κ3) is 3.26. The molecule has 2 amide bonds. The molecular weight excluding hydrogens is 446 g/mol. The maximum absolute atomic E-state index is 13.9. The van der Waals surface area contributed by atoms with Gasteiger partial charge in [-0.3, -0.25) is 24.5 Å². The molecule has 8 nitrogen and oxygen atoms in total. The Hall–Kier alpha value is -4.56. The molecule has 172 valence electrons. The highest BCUT2D eigenvalue weighted by atomic mass is 16.7. The van der Waals surface area contributed by atoms with Crippen molar-refractivity contribution in [2.45, 2.75) is 12.1 Å². The molecule has 0 N–H and O–H groups in total. The number of fused-ring (bicyclic) bond motifs is 2. The van der Waals surface area contributed by atoms with Gasteiger partial charge in [0.25, 0.3) is 11.6 Å². The van der Waals surface area contributed by atoms with Crippen LogP contribution in [0.1, 0.15) is 11.6 Å². The van der Waals surface area contributed by atoms with Gasteiger partial charge in [-0.15, -0.1) is 0 Å². The SMILES string of the molecule is O=C1[C@H]2[C@@H](c3ccc([N+](=O)[O-])cc3)N(c3ccccc3)O[C@H]2C(=O)N1c1cccc2ccccc12. The zero-order chi connectivity index (χ0) is 24.1. The van der Waals surface area contributed by atoms with Crippen LogP contribution in [0.3, 0.4) is 0 Å². The highest BCUT2D eigenvalue weighted by Gasteiger charge is 2.60. The van der Waals surface area contributed by atoms with Crippen molar-refractivity contribution in [2.24, 2.45) is 5.92 Å². The first kappa shape index (κ1) is 21.0. The van der Waals surface area contributed by atoms with E-state index in [9.17, 15) is 19.7 Å². The lowest BCUT2D eigenvalue weighted by molar-refractivity contribution is -0.384. The summed E-state index contributed by atoms with van der Waals surface area (Å²) < 4.78 is 0. The van der Waals surface area contributed by atoms with Crippen LogP contribution in [0.2, 0.25) is 0 Å². The molecule has 35 heavy (non-hydrogen) atoms. The number of carbonyl (C=O) groups is 2. The summed E-state index contributed by atoms with van der Waals surface area (Å²) in [7, 11) is 0. The van der Waals surface area contributed by atoms with Crippen molar-refractivity contribution in [2.75, 3.05) is 9.96 Å². The number of imide groups is 1. The number of hydrogen-bond acceptors (Lipinski definition) is 6. The Balaban J connectivity index is 1.45. The number of anilines is 2. The number of para-hydroxylation sites is 1. The molecule has 0 bridgehead atoms. The van der Waals surface area contributed by atoms with Crippen molar-refractivity contribution in [3.05, 3.63) is 113 Å². The van der Waals surface area contributed by atoms with Gasteiger partial charge in [0.1, 0.15) is 5.92 Å². The van der Waals surface area contributed by atoms with Gasteiger partial charge >= 0.3 is 0 Å². The normalized spacial score (nSPS) is 21.5. The average Bonchev–Trinajstić information content (AvgIpc) is 3.40. The van der Waals surface area contributed by atoms with Crippen LogP contribution in [0.4, 0.5) is 17.1 Å². The summed E-state index contributed by atoms with van der Waals surface area (Å²) in [5.41, 5.74) is 1.79. The number of benzene rings is 4. The van der Waals surface area contributed by atoms with Crippen LogP contribution in [0.25, 0.3) is 10.8 Å². The predicted molar refractivity (Wildman–Crippen MR) is 130 cm³/mol. The topological polar surface area (TPSA) is 93.0 Å². The molecule has 2 saturated heterocycles. The van der Waals surface area contributed by atoms with Gasteiger partial charge in [0, 0.05) is 17.5 Å². The molecule has 4 aromatic carbocycles. The Labute approximate surface area is 200 Å². The van der Waals surface area contributed by atoms with Crippen molar-refractivity contribution >= 4 is 39.6 Å². The van der Waals surface area contributed by atoms with Crippen molar-refractivity contribution in [1.82, 2.24) is 0 Å². The summed E-state index contributed by atoms with van der Waals surface area (Å²) in [6.07, 6.45) is -1.01. The van der Waals surface area contributed by atoms with Crippen LogP contribution in [0.15, 0.2) is 97.1 Å². The van der Waals surface area contributed by atoms with Crippen molar-refractivity contribution in [3.8, 4) is 0 Å². The van der Waals surface area contributed by atoms with Crippen LogP contribution in [-0.4, -0.2) is 22.8 Å². The Bertz CT molecular complexity index is 1470. The van der Waals surface area contributed by atoms with Crippen molar-refractivity contribution in [1.29, 1.82) is 0 Å². The van der Waals surface area contributed by atoms with Crippen LogP contribution in [0.5, 0.6) is 0 Å². The fraction of sp³-hybridized carbons (Fsp3) is 0.111. The minimum absolute atomic E-state index is 0.0540. The van der Waals surface area contributed by atoms with E-state index in [-0.39, 0.29) is 11.6 Å². The molecule has 8 heteroatoms. The number of amides is 2. The van der Waals surface area contributed by atoms with E-state index in [1.165, 1.54) is 17.0 Å². The van der Waals surface area contributed by atoms with Gasteiger partial charge in [-0.25, -0.2) is 9.96 Å². The van der Waals surface area contributed by atoms with Crippen LogP contribution < -0.4 is 9.96 Å². The summed E-state index contributed by atoms with van der Waals surface area (Å²) in [6, 6.07) is 27.7. The Morgan fingerprint density at radius 2 is 1.46 bits per heavy atom. The van der Waals surface area contributed by atoms with E-state index >= 15 is 0 Å². The molecule has 0 aromatic heterocycles. The molecule has 2 aliphatic heterocycles. The lowest BCUT2D eigenvalue weighted by atomic mass is 9.90. The molecule has 0 aliphatic carbocycles. The molecule has 2 fully saturated rings. The molecule has 0 unspecified atom stereocenters. The van der Waals surface area contributed by atoms with Gasteiger partial charge in [-0.2, -0.15) is 0 Å². The lowest BCUT2D eigenvalue weighted by Crippen LogP contribution is -2.37. The molecule has 2 aliphatic rings. The number of non-ortho nitro benzene ring substituents is 1. The molecule has 6 rings (SSSR count). The third-order valence-electron chi connectivity index (χ3n) is 6.58. The smallest absolute Gasteiger partial charge is 0.269 e. The summed E-state index contributed by atoms with van der Waals surface area (Å²) in [5.74, 6) is -1.61. The summed E-state index contributed by atoms with van der Waals surface area (Å²) in [4.78, 5) is 45.5. The minimum Gasteiger partial charge on any atom is -0.273 e. The highest BCUT2D eigenvalue weighted by molar-refractivity contribution is 6.26. The van der Waals surface area contributed by atoms with E-state index in [1.807, 2.05) is 66.7 Å². The second-order valence-corrected chi connectivity index (χ2v) is 8.52. The van der Waals surface area contributed by atoms with E-state index < -0.39 is 28.9 Å². The number of nitrogens with zero attached hydrogens (tertiary/aromatic N) is 3. The number of carbonyl (C=O) groups excluding carboxylic acids is 2. The number of nitro benzene ring substituents is 1. The standard InChI is InChI=1S/C27H19N3O5/c31-26-23-24(18-13-15-20(16-14-18)30(33)34)29(19-9-2-1-3-10-19)35-25(23)27(32)28(26)22-12-6-8-17-7-4-5-11-21(17)22/h1-16,23-25H/t23-,24+,25+/m0/s1. The molecule has 0 saturated carbocycles. The van der Waals surface area contributed by atoms with E-state index in [1.54, 1.807) is 23.3 Å². The van der Waals surface area contributed by atoms with Crippen LogP contribution >= 0.6 is 0 Å². The molecule has 2 heterocycles. The highest BCUT2D eigenvalue weighted by Crippen LogP contribution is 2.48. The van der Waals surface area contributed by atoms with E-state index in [0.717, 1.165) is 10.8 Å². The quantitative estimate of drug-likeness (QED) is 0.244. The zero-order valence-corrected chi connectivity index (χ0v) is 18.4. The van der Waals surface area contributed by atoms with Gasteiger partial charge in [-0.05, 0) is 29.1 Å². The minimum atomic E-state index is -1.01. The zero-order valence-electron chi connectivity index (χ0n) is 18.4. The molecule has 3 atom stereocenters. The van der Waals surface area contributed by atoms with Crippen LogP contribution in [-0.2, 0) is 14.4 Å². The predicted octanol–water partition coefficient (Wildman–Crippen LogP) is 4.80. The van der Waals surface area contributed by atoms with Gasteiger partial charge < -0.3 is 0 Å². The van der Waals surface area contributed by atoms with Crippen molar-refractivity contribution < 1.29 is 19.3 Å². The molecule has 0 spiro atoms. The summed E-state index contributed by atoms with van der Waals surface area (Å²) in [5, 5.41) is 14.5. The Morgan fingerprint density at radius 3 is 2.20 bits per heavy atom. The summed E-state index contributed by atoms with van der Waals surface area (Å²) >= 11 is 0. The largest absolute Gasteiger partial charge is 0.273 e. The van der Waals surface area contributed by atoms with Gasteiger partial charge in [0.15, 0.2) is 6.10 Å². The number of nitro groups is 1. The first-order valence-electron chi connectivity index (χ1n) is 11.2. The molecule has 0 radical (unpaired) electrons. The van der Waals surface area contributed by atoms with E-state index in [4.69, 9.17) is 4.84 Å². The lowest BCUT2D eigenvalue weighted by Gasteiger charge is -2.29. The number of hydrogen-bond donors (Lipinski definition) is 0. The van der Waals surface area contributed by atoms with E-state index in [2.05, 4.69) is 0 Å². The van der Waals surface area contributed by atoms with Gasteiger partial charge in [0.2, 0.25) is 5.91 Å². The maximum atomic E-state index is 13.9.